The highest BCUT2D eigenvalue weighted by Crippen LogP contribution is 2.28. The molecular formula is C18H19FN2O2. The number of benzene rings is 2. The van der Waals surface area contributed by atoms with Gasteiger partial charge in [0, 0.05) is 18.7 Å². The van der Waals surface area contributed by atoms with Gasteiger partial charge in [0.2, 0.25) is 5.91 Å². The lowest BCUT2D eigenvalue weighted by Gasteiger charge is -2.35. The van der Waals surface area contributed by atoms with Gasteiger partial charge in [-0.05, 0) is 35.7 Å². The average Bonchev–Trinajstić information content (AvgIpc) is 2.54. The van der Waals surface area contributed by atoms with E-state index in [9.17, 15) is 9.18 Å². The number of ether oxygens (including phenoxy) is 1. The van der Waals surface area contributed by atoms with E-state index in [4.69, 9.17) is 10.5 Å². The van der Waals surface area contributed by atoms with Gasteiger partial charge in [0.15, 0.2) is 0 Å². The molecule has 1 aliphatic rings. The van der Waals surface area contributed by atoms with Crippen LogP contribution < -0.4 is 10.5 Å². The molecule has 120 valence electrons. The van der Waals surface area contributed by atoms with E-state index in [-0.39, 0.29) is 11.7 Å². The monoisotopic (exact) mass is 314 g/mol. The lowest BCUT2D eigenvalue weighted by atomic mass is 9.93. The van der Waals surface area contributed by atoms with Gasteiger partial charge in [-0.1, -0.05) is 24.3 Å². The number of primary amides is 1. The summed E-state index contributed by atoms with van der Waals surface area (Å²) in [6, 6.07) is 12.0. The first-order chi connectivity index (χ1) is 11.1. The lowest BCUT2D eigenvalue weighted by Crippen LogP contribution is -2.48. The summed E-state index contributed by atoms with van der Waals surface area (Å²) in [5.41, 5.74) is 8.59. The van der Waals surface area contributed by atoms with Crippen LogP contribution in [0.25, 0.3) is 0 Å². The molecule has 1 unspecified atom stereocenters. The molecule has 1 aliphatic heterocycles. The van der Waals surface area contributed by atoms with E-state index in [2.05, 4.69) is 0 Å². The van der Waals surface area contributed by atoms with Gasteiger partial charge in [0.1, 0.15) is 11.6 Å². The molecular weight excluding hydrogens is 295 g/mol. The quantitative estimate of drug-likeness (QED) is 0.942. The van der Waals surface area contributed by atoms with Gasteiger partial charge in [-0.2, -0.15) is 0 Å². The van der Waals surface area contributed by atoms with Crippen molar-refractivity contribution in [3.8, 4) is 5.75 Å². The zero-order valence-corrected chi connectivity index (χ0v) is 13.0. The van der Waals surface area contributed by atoms with Gasteiger partial charge in [-0.25, -0.2) is 4.39 Å². The highest BCUT2D eigenvalue weighted by atomic mass is 19.1. The Kier molecular flexibility index (Phi) is 4.30. The summed E-state index contributed by atoms with van der Waals surface area (Å²) in [7, 11) is 1.55. The minimum Gasteiger partial charge on any atom is -0.496 e. The van der Waals surface area contributed by atoms with E-state index >= 15 is 0 Å². The van der Waals surface area contributed by atoms with Crippen molar-refractivity contribution in [2.75, 3.05) is 7.11 Å². The zero-order valence-electron chi connectivity index (χ0n) is 13.0. The smallest absolute Gasteiger partial charge is 0.235 e. The largest absolute Gasteiger partial charge is 0.496 e. The minimum absolute atomic E-state index is 0.325. The summed E-state index contributed by atoms with van der Waals surface area (Å²) in [4.78, 5) is 13.8. The normalized spacial score (nSPS) is 17.6. The second-order valence-corrected chi connectivity index (χ2v) is 5.75. The van der Waals surface area contributed by atoms with Crippen LogP contribution in [0.4, 0.5) is 4.39 Å². The van der Waals surface area contributed by atoms with Crippen LogP contribution in [0.5, 0.6) is 5.75 Å². The van der Waals surface area contributed by atoms with Crippen molar-refractivity contribution >= 4 is 5.91 Å². The number of amides is 1. The molecule has 0 saturated carbocycles. The second-order valence-electron chi connectivity index (χ2n) is 5.75. The Bertz CT molecular complexity index is 733. The van der Waals surface area contributed by atoms with Crippen molar-refractivity contribution in [1.82, 2.24) is 4.90 Å². The van der Waals surface area contributed by atoms with Crippen molar-refractivity contribution in [2.24, 2.45) is 5.73 Å². The number of hydrogen-bond donors (Lipinski definition) is 1. The Morgan fingerprint density at radius 1 is 1.30 bits per heavy atom. The maximum atomic E-state index is 13.6. The summed E-state index contributed by atoms with van der Waals surface area (Å²) < 4.78 is 18.9. The highest BCUT2D eigenvalue weighted by Gasteiger charge is 2.30. The molecule has 1 amide bonds. The van der Waals surface area contributed by atoms with Crippen LogP contribution in [0.2, 0.25) is 0 Å². The van der Waals surface area contributed by atoms with Crippen molar-refractivity contribution in [1.29, 1.82) is 0 Å². The van der Waals surface area contributed by atoms with Crippen LogP contribution in [0, 0.1) is 5.82 Å². The van der Waals surface area contributed by atoms with E-state index in [1.165, 1.54) is 17.7 Å². The Balaban J connectivity index is 1.92. The standard InChI is InChI=1S/C18H19FN2O2/c1-23-17-7-6-15(19)8-14(17)11-21-10-13-5-3-2-4-12(13)9-16(21)18(20)22/h2-8,16H,9-11H2,1H3,(H2,20,22). The molecule has 2 aromatic carbocycles. The molecule has 0 saturated heterocycles. The molecule has 1 heterocycles. The molecule has 0 spiro atoms. The van der Waals surface area contributed by atoms with Crippen LogP contribution in [0.1, 0.15) is 16.7 Å². The molecule has 4 nitrogen and oxygen atoms in total. The van der Waals surface area contributed by atoms with Crippen LogP contribution in [0.3, 0.4) is 0 Å². The molecule has 23 heavy (non-hydrogen) atoms. The number of carbonyl (C=O) groups is 1. The van der Waals surface area contributed by atoms with E-state index in [1.807, 2.05) is 29.2 Å². The van der Waals surface area contributed by atoms with Gasteiger partial charge in [0.05, 0.1) is 13.2 Å². The summed E-state index contributed by atoms with van der Waals surface area (Å²) >= 11 is 0. The SMILES string of the molecule is COc1ccc(F)cc1CN1Cc2ccccc2CC1C(N)=O. The number of nitrogens with zero attached hydrogens (tertiary/aromatic N) is 1. The van der Waals surface area contributed by atoms with Gasteiger partial charge < -0.3 is 10.5 Å². The number of methoxy groups -OCH3 is 1. The third-order valence-corrected chi connectivity index (χ3v) is 4.29. The van der Waals surface area contributed by atoms with Crippen molar-refractivity contribution < 1.29 is 13.9 Å². The first-order valence-electron chi connectivity index (χ1n) is 7.51. The number of hydrogen-bond acceptors (Lipinski definition) is 3. The zero-order chi connectivity index (χ0) is 16.4. The fraction of sp³-hybridized carbons (Fsp3) is 0.278. The predicted molar refractivity (Wildman–Crippen MR) is 85.3 cm³/mol. The molecule has 3 rings (SSSR count). The Hall–Kier alpha value is -2.40. The number of carbonyl (C=O) groups excluding carboxylic acids is 1. The summed E-state index contributed by atoms with van der Waals surface area (Å²) in [6.45, 7) is 1.01. The molecule has 2 aromatic rings. The maximum Gasteiger partial charge on any atom is 0.235 e. The number of rotatable bonds is 4. The summed E-state index contributed by atoms with van der Waals surface area (Å²) in [6.07, 6.45) is 0.573. The first-order valence-corrected chi connectivity index (χ1v) is 7.51. The Morgan fingerprint density at radius 3 is 2.74 bits per heavy atom. The van der Waals surface area contributed by atoms with Gasteiger partial charge in [0.25, 0.3) is 0 Å². The molecule has 2 N–H and O–H groups in total. The minimum atomic E-state index is -0.405. The lowest BCUT2D eigenvalue weighted by molar-refractivity contribution is -0.124. The van der Waals surface area contributed by atoms with Crippen LogP contribution in [0.15, 0.2) is 42.5 Å². The van der Waals surface area contributed by atoms with Crippen LogP contribution in [-0.4, -0.2) is 24.0 Å². The van der Waals surface area contributed by atoms with Crippen LogP contribution >= 0.6 is 0 Å². The molecule has 0 radical (unpaired) electrons. The van der Waals surface area contributed by atoms with E-state index < -0.39 is 6.04 Å². The molecule has 5 heteroatoms. The van der Waals surface area contributed by atoms with E-state index in [0.717, 1.165) is 5.56 Å². The molecule has 0 fully saturated rings. The highest BCUT2D eigenvalue weighted by molar-refractivity contribution is 5.80. The van der Waals surface area contributed by atoms with Gasteiger partial charge >= 0.3 is 0 Å². The number of halogens is 1. The number of fused-ring (bicyclic) bond motifs is 1. The van der Waals surface area contributed by atoms with Crippen LogP contribution in [-0.2, 0) is 24.3 Å². The summed E-state index contributed by atoms with van der Waals surface area (Å²) in [5, 5.41) is 0. The third-order valence-electron chi connectivity index (χ3n) is 4.29. The third kappa shape index (κ3) is 3.19. The fourth-order valence-electron chi connectivity index (χ4n) is 3.11. The number of nitrogens with two attached hydrogens (primary N) is 1. The Morgan fingerprint density at radius 2 is 2.04 bits per heavy atom. The van der Waals surface area contributed by atoms with E-state index in [0.29, 0.717) is 30.8 Å². The van der Waals surface area contributed by atoms with Crippen molar-refractivity contribution in [2.45, 2.75) is 25.6 Å². The first kappa shape index (κ1) is 15.5. The molecule has 1 atom stereocenters. The molecule has 0 aliphatic carbocycles. The van der Waals surface area contributed by atoms with E-state index in [1.54, 1.807) is 13.2 Å². The fourth-order valence-corrected chi connectivity index (χ4v) is 3.11. The average molecular weight is 314 g/mol. The van der Waals surface area contributed by atoms with Gasteiger partial charge in [-0.3, -0.25) is 9.69 Å². The van der Waals surface area contributed by atoms with Crippen molar-refractivity contribution in [3.63, 3.8) is 0 Å². The second kappa shape index (κ2) is 6.38. The molecule has 0 aromatic heterocycles. The topological polar surface area (TPSA) is 55.6 Å². The predicted octanol–water partition coefficient (Wildman–Crippen LogP) is 2.25. The summed E-state index contributed by atoms with van der Waals surface area (Å²) in [5.74, 6) is -0.0859. The van der Waals surface area contributed by atoms with Crippen molar-refractivity contribution in [3.05, 3.63) is 65.0 Å². The molecule has 0 bridgehead atoms. The maximum absolute atomic E-state index is 13.6. The Labute approximate surface area is 134 Å². The van der Waals surface area contributed by atoms with Gasteiger partial charge in [-0.15, -0.1) is 0 Å².